The van der Waals surface area contributed by atoms with Crippen molar-refractivity contribution >= 4 is 53.2 Å². The Hall–Kier alpha value is -4.93. The molecule has 22 nitrogen and oxygen atoms in total. The van der Waals surface area contributed by atoms with Gasteiger partial charge in [0.2, 0.25) is 53.2 Å². The van der Waals surface area contributed by atoms with Gasteiger partial charge in [0, 0.05) is 40.4 Å². The topological polar surface area (TPSA) is 316 Å². The van der Waals surface area contributed by atoms with Crippen molar-refractivity contribution in [3.05, 3.63) is 0 Å². The van der Waals surface area contributed by atoms with Crippen molar-refractivity contribution in [3.63, 3.8) is 0 Å². The molecule has 22 heteroatoms. The highest BCUT2D eigenvalue weighted by Gasteiger charge is 2.31. The van der Waals surface area contributed by atoms with Crippen molar-refractivity contribution in [3.8, 4) is 0 Å². The van der Waals surface area contributed by atoms with Gasteiger partial charge < -0.3 is 37.0 Å². The number of aliphatic hydroxyl groups excluding tert-OH is 1. The van der Waals surface area contributed by atoms with Crippen molar-refractivity contribution in [2.75, 3.05) is 39.3 Å². The van der Waals surface area contributed by atoms with E-state index in [1.807, 2.05) is 0 Å². The minimum Gasteiger partial charge on any atom is -0.394 e. The number of amides is 9. The van der Waals surface area contributed by atoms with Crippen molar-refractivity contribution in [2.24, 2.45) is 0 Å². The van der Waals surface area contributed by atoms with Crippen molar-refractivity contribution in [1.82, 2.24) is 47.1 Å². The first-order valence-electron chi connectivity index (χ1n) is 15.7. The second-order valence-electron chi connectivity index (χ2n) is 11.3. The molecule has 1 rings (SSSR count). The molecular weight excluding hydrogens is 670 g/mol. The zero-order chi connectivity index (χ0) is 38.0. The van der Waals surface area contributed by atoms with Crippen molar-refractivity contribution < 1.29 is 63.9 Å². The zero-order valence-corrected chi connectivity index (χ0v) is 28.1. The third kappa shape index (κ3) is 16.0. The van der Waals surface area contributed by atoms with Gasteiger partial charge in [-0.25, -0.2) is 15.2 Å². The first-order chi connectivity index (χ1) is 23.5. The Morgan fingerprint density at radius 2 is 0.840 bits per heavy atom. The highest BCUT2D eigenvalue weighted by Crippen LogP contribution is 2.07. The SMILES string of the molecule is CC(=O)N(O)CCC[C@@H]1NC(=O)CNC(=O)[C@@H](CO)NC(=O)CNC(=O)[C@@H](CCCN(O)C(C)=O)NC(=O)[C@H](CCCN(O)C(C)=O)NC1=O. The standard InChI is InChI=1S/C28H47N9O13/c1-16(39)35(48)10-4-7-19-25(44)29-14-24(43)32-22(15-38)26(45)30-13-23(42)31-20(8-5-11-36(49)17(2)40)27(46)34-21(28(47)33-19)9-6-12-37(50)18(3)41/h19-22,38,48-50H,4-15H2,1-3H3,(H,29,44)(H,30,45)(H,31,42)(H,32,43)(H,33,47)(H,34,46)/t19-,20+,21+,22-/m1/s1. The minimum absolute atomic E-state index is 0.0290. The van der Waals surface area contributed by atoms with E-state index in [1.54, 1.807) is 0 Å². The molecule has 0 radical (unpaired) electrons. The predicted octanol–water partition coefficient (Wildman–Crippen LogP) is -4.78. The van der Waals surface area contributed by atoms with Gasteiger partial charge >= 0.3 is 0 Å². The van der Waals surface area contributed by atoms with Crippen LogP contribution in [-0.2, 0) is 43.2 Å². The lowest BCUT2D eigenvalue weighted by atomic mass is 10.1. The van der Waals surface area contributed by atoms with E-state index >= 15 is 0 Å². The lowest BCUT2D eigenvalue weighted by Gasteiger charge is -2.26. The molecule has 9 amide bonds. The first-order valence-corrected chi connectivity index (χ1v) is 15.7. The third-order valence-corrected chi connectivity index (χ3v) is 7.28. The molecule has 282 valence electrons. The molecule has 0 bridgehead atoms. The number of nitrogens with one attached hydrogen (secondary N) is 6. The van der Waals surface area contributed by atoms with Gasteiger partial charge in [0.05, 0.1) is 19.7 Å². The van der Waals surface area contributed by atoms with Crippen LogP contribution in [0, 0.1) is 0 Å². The summed E-state index contributed by atoms with van der Waals surface area (Å²) in [5, 5.41) is 53.9. The van der Waals surface area contributed by atoms with Gasteiger partial charge in [-0.1, -0.05) is 0 Å². The van der Waals surface area contributed by atoms with Crippen molar-refractivity contribution in [2.45, 2.75) is 83.5 Å². The Balaban J connectivity index is 3.45. The molecule has 1 heterocycles. The van der Waals surface area contributed by atoms with Gasteiger partial charge in [-0.05, 0) is 38.5 Å². The largest absolute Gasteiger partial charge is 0.394 e. The maximum atomic E-state index is 13.6. The summed E-state index contributed by atoms with van der Waals surface area (Å²) in [4.78, 5) is 112. The number of hydrogen-bond acceptors (Lipinski definition) is 13. The molecule has 0 spiro atoms. The van der Waals surface area contributed by atoms with Gasteiger partial charge in [0.25, 0.3) is 0 Å². The molecule has 1 aliphatic heterocycles. The Kier molecular flexibility index (Phi) is 18.9. The number of rotatable bonds is 13. The van der Waals surface area contributed by atoms with Crippen LogP contribution >= 0.6 is 0 Å². The summed E-state index contributed by atoms with van der Waals surface area (Å²) in [7, 11) is 0. The fourth-order valence-corrected chi connectivity index (χ4v) is 4.42. The van der Waals surface area contributed by atoms with Crippen LogP contribution in [0.1, 0.15) is 59.3 Å². The highest BCUT2D eigenvalue weighted by molar-refractivity contribution is 5.96. The molecule has 1 saturated heterocycles. The lowest BCUT2D eigenvalue weighted by molar-refractivity contribution is -0.163. The fraction of sp³-hybridized carbons (Fsp3) is 0.679. The van der Waals surface area contributed by atoms with Gasteiger partial charge in [0.1, 0.15) is 24.2 Å². The number of carbonyl (C=O) groups is 9. The minimum atomic E-state index is -1.54. The van der Waals surface area contributed by atoms with E-state index in [4.69, 9.17) is 0 Å². The molecule has 1 aliphatic rings. The molecule has 4 atom stereocenters. The van der Waals surface area contributed by atoms with Crippen LogP contribution in [0.3, 0.4) is 0 Å². The lowest BCUT2D eigenvalue weighted by Crippen LogP contribution is -2.59. The van der Waals surface area contributed by atoms with Crippen molar-refractivity contribution in [1.29, 1.82) is 0 Å². The zero-order valence-electron chi connectivity index (χ0n) is 28.1. The number of hydrogen-bond donors (Lipinski definition) is 10. The third-order valence-electron chi connectivity index (χ3n) is 7.28. The Labute approximate surface area is 287 Å². The van der Waals surface area contributed by atoms with Gasteiger partial charge in [-0.2, -0.15) is 0 Å². The monoisotopic (exact) mass is 717 g/mol. The predicted molar refractivity (Wildman–Crippen MR) is 166 cm³/mol. The normalized spacial score (nSPS) is 21.2. The maximum absolute atomic E-state index is 13.6. The molecular formula is C28H47N9O13. The second-order valence-corrected chi connectivity index (χ2v) is 11.3. The number of carbonyl (C=O) groups excluding carboxylic acids is 9. The average molecular weight is 718 g/mol. The quantitative estimate of drug-likeness (QED) is 0.0633. The van der Waals surface area contributed by atoms with E-state index in [0.717, 1.165) is 20.8 Å². The van der Waals surface area contributed by atoms with E-state index in [-0.39, 0.29) is 58.2 Å². The summed E-state index contributed by atoms with van der Waals surface area (Å²) < 4.78 is 0. The summed E-state index contributed by atoms with van der Waals surface area (Å²) in [6.07, 6.45) is -0.685. The van der Waals surface area contributed by atoms with Crippen LogP contribution in [0.5, 0.6) is 0 Å². The second kappa shape index (κ2) is 21.9. The van der Waals surface area contributed by atoms with Crippen LogP contribution in [0.4, 0.5) is 0 Å². The van der Waals surface area contributed by atoms with Crippen LogP contribution in [0.15, 0.2) is 0 Å². The van der Waals surface area contributed by atoms with Crippen LogP contribution in [0.25, 0.3) is 0 Å². The number of aliphatic hydroxyl groups is 1. The van der Waals surface area contributed by atoms with E-state index in [1.165, 1.54) is 0 Å². The Bertz CT molecular complexity index is 1230. The van der Waals surface area contributed by atoms with Gasteiger partial charge in [-0.3, -0.25) is 58.8 Å². The van der Waals surface area contributed by atoms with E-state index in [2.05, 4.69) is 31.9 Å². The molecule has 0 aromatic carbocycles. The Morgan fingerprint density at radius 1 is 0.540 bits per heavy atom. The van der Waals surface area contributed by atoms with Crippen LogP contribution in [0.2, 0.25) is 0 Å². The maximum Gasteiger partial charge on any atom is 0.245 e. The smallest absolute Gasteiger partial charge is 0.245 e. The molecule has 0 saturated carbocycles. The molecule has 0 aromatic rings. The molecule has 0 aromatic heterocycles. The average Bonchev–Trinajstić information content (AvgIpc) is 3.05. The van der Waals surface area contributed by atoms with E-state index in [0.29, 0.717) is 15.2 Å². The van der Waals surface area contributed by atoms with Crippen LogP contribution < -0.4 is 31.9 Å². The first kappa shape index (κ1) is 43.1. The van der Waals surface area contributed by atoms with Gasteiger partial charge in [0.15, 0.2) is 0 Å². The van der Waals surface area contributed by atoms with Gasteiger partial charge in [-0.15, -0.1) is 0 Å². The molecule has 10 N–H and O–H groups in total. The summed E-state index contributed by atoms with van der Waals surface area (Å²) in [6, 6.07) is -5.79. The molecule has 1 fully saturated rings. The fourth-order valence-electron chi connectivity index (χ4n) is 4.42. The number of nitrogens with zero attached hydrogens (tertiary/aromatic N) is 3. The summed E-state index contributed by atoms with van der Waals surface area (Å²) in [5.74, 6) is -7.64. The Morgan fingerprint density at radius 3 is 1.18 bits per heavy atom. The van der Waals surface area contributed by atoms with E-state index < -0.39 is 97.0 Å². The van der Waals surface area contributed by atoms with Crippen LogP contribution in [-0.4, -0.2) is 153 Å². The molecule has 50 heavy (non-hydrogen) atoms. The summed E-state index contributed by atoms with van der Waals surface area (Å²) in [6.45, 7) is 0.217. The summed E-state index contributed by atoms with van der Waals surface area (Å²) >= 11 is 0. The van der Waals surface area contributed by atoms with E-state index in [9.17, 15) is 63.9 Å². The highest BCUT2D eigenvalue weighted by atomic mass is 16.5. The summed E-state index contributed by atoms with van der Waals surface area (Å²) in [5.41, 5.74) is 0. The molecule has 0 aliphatic carbocycles. The number of hydroxylamine groups is 6. The molecule has 0 unspecified atom stereocenters.